The first-order valence-corrected chi connectivity index (χ1v) is 5.33. The Labute approximate surface area is 98.6 Å². The highest BCUT2D eigenvalue weighted by molar-refractivity contribution is 5.76. The van der Waals surface area contributed by atoms with Crippen LogP contribution in [0.3, 0.4) is 0 Å². The third-order valence-electron chi connectivity index (χ3n) is 2.65. The molecule has 1 heterocycles. The maximum absolute atomic E-state index is 10.8. The summed E-state index contributed by atoms with van der Waals surface area (Å²) in [5.74, 6) is -0.0522. The maximum Gasteiger partial charge on any atom is 0.335 e. The van der Waals surface area contributed by atoms with E-state index < -0.39 is 17.7 Å². The summed E-state index contributed by atoms with van der Waals surface area (Å²) < 4.78 is 11.0. The monoisotopic (exact) mass is 238 g/mol. The third-order valence-corrected chi connectivity index (χ3v) is 2.65. The van der Waals surface area contributed by atoms with Crippen LogP contribution in [0.5, 0.6) is 11.5 Å². The van der Waals surface area contributed by atoms with Crippen molar-refractivity contribution in [1.29, 1.82) is 0 Å². The molecule has 2 N–H and O–H groups in total. The number of aliphatic hydroxyl groups is 1. The van der Waals surface area contributed by atoms with Crippen LogP contribution in [0.4, 0.5) is 0 Å². The quantitative estimate of drug-likeness (QED) is 0.823. The first-order valence-electron chi connectivity index (χ1n) is 5.33. The number of para-hydroxylation sites is 2. The van der Waals surface area contributed by atoms with Crippen LogP contribution in [0.25, 0.3) is 0 Å². The lowest BCUT2D eigenvalue weighted by Gasteiger charge is -2.30. The maximum atomic E-state index is 10.8. The van der Waals surface area contributed by atoms with Crippen molar-refractivity contribution >= 4 is 5.97 Å². The molecule has 1 aromatic rings. The molecule has 92 valence electrons. The van der Waals surface area contributed by atoms with E-state index in [9.17, 15) is 9.90 Å². The van der Waals surface area contributed by atoms with Crippen LogP contribution in [0, 0.1) is 0 Å². The predicted molar refractivity (Wildman–Crippen MR) is 59.2 cm³/mol. The smallest absolute Gasteiger partial charge is 0.335 e. The molecule has 2 atom stereocenters. The molecule has 0 amide bonds. The fourth-order valence-corrected chi connectivity index (χ4v) is 1.69. The summed E-state index contributed by atoms with van der Waals surface area (Å²) in [7, 11) is 0. The molecule has 17 heavy (non-hydrogen) atoms. The molecular formula is C12H14O5. The number of fused-ring (bicyclic) bond motifs is 1. The first-order chi connectivity index (χ1) is 7.99. The zero-order valence-electron chi connectivity index (χ0n) is 9.42. The van der Waals surface area contributed by atoms with Crippen molar-refractivity contribution in [1.82, 2.24) is 0 Å². The van der Waals surface area contributed by atoms with E-state index in [-0.39, 0.29) is 13.0 Å². The number of hydrogen-bond acceptors (Lipinski definition) is 4. The normalized spacial score (nSPS) is 21.6. The summed E-state index contributed by atoms with van der Waals surface area (Å²) in [5, 5.41) is 18.5. The number of ether oxygens (including phenoxy) is 2. The minimum atomic E-state index is -1.81. The lowest BCUT2D eigenvalue weighted by Crippen LogP contribution is -2.43. The largest absolute Gasteiger partial charge is 0.486 e. The van der Waals surface area contributed by atoms with Crippen molar-refractivity contribution < 1.29 is 24.5 Å². The minimum Gasteiger partial charge on any atom is -0.486 e. The van der Waals surface area contributed by atoms with Crippen LogP contribution in [0.15, 0.2) is 24.3 Å². The molecule has 1 aromatic carbocycles. The second kappa shape index (κ2) is 4.25. The molecule has 2 unspecified atom stereocenters. The van der Waals surface area contributed by atoms with E-state index in [0.717, 1.165) is 0 Å². The highest BCUT2D eigenvalue weighted by atomic mass is 16.6. The molecule has 5 heteroatoms. The fraction of sp³-hybridized carbons (Fsp3) is 0.417. The Morgan fingerprint density at radius 1 is 1.47 bits per heavy atom. The summed E-state index contributed by atoms with van der Waals surface area (Å²) in [6.45, 7) is 1.49. The number of carboxylic acid groups (broad SMARTS) is 1. The van der Waals surface area contributed by atoms with Gasteiger partial charge in [-0.1, -0.05) is 12.1 Å². The van der Waals surface area contributed by atoms with Gasteiger partial charge in [-0.05, 0) is 19.1 Å². The van der Waals surface area contributed by atoms with Crippen LogP contribution in [-0.4, -0.2) is 34.5 Å². The number of rotatable bonds is 3. The zero-order chi connectivity index (χ0) is 12.5. The number of benzene rings is 1. The van der Waals surface area contributed by atoms with E-state index in [4.69, 9.17) is 14.6 Å². The van der Waals surface area contributed by atoms with Crippen molar-refractivity contribution in [2.45, 2.75) is 25.0 Å². The van der Waals surface area contributed by atoms with E-state index in [0.29, 0.717) is 11.5 Å². The molecule has 0 saturated carbocycles. The van der Waals surface area contributed by atoms with Crippen LogP contribution >= 0.6 is 0 Å². The average molecular weight is 238 g/mol. The molecule has 0 aromatic heterocycles. The van der Waals surface area contributed by atoms with Crippen LogP contribution in [0.1, 0.15) is 13.3 Å². The lowest BCUT2D eigenvalue weighted by molar-refractivity contribution is -0.159. The molecule has 0 aliphatic carbocycles. The van der Waals surface area contributed by atoms with Crippen molar-refractivity contribution in [2.24, 2.45) is 0 Å². The number of aliphatic carboxylic acids is 1. The first kappa shape index (κ1) is 11.7. The van der Waals surface area contributed by atoms with Gasteiger partial charge in [0.05, 0.1) is 0 Å². The standard InChI is InChI=1S/C12H14O5/c1-12(15,11(13)14)6-8-7-16-9-4-2-3-5-10(9)17-8/h2-5,8,15H,6-7H2,1H3,(H,13,14). The van der Waals surface area contributed by atoms with Gasteiger partial charge in [0.2, 0.25) is 0 Å². The summed E-state index contributed by atoms with van der Waals surface area (Å²) in [5.41, 5.74) is -1.81. The van der Waals surface area contributed by atoms with Gasteiger partial charge in [-0.25, -0.2) is 4.79 Å². The SMILES string of the molecule is CC(O)(CC1COc2ccccc2O1)C(=O)O. The highest BCUT2D eigenvalue weighted by Crippen LogP contribution is 2.32. The summed E-state index contributed by atoms with van der Waals surface area (Å²) in [4.78, 5) is 10.8. The second-order valence-electron chi connectivity index (χ2n) is 4.28. The van der Waals surface area contributed by atoms with Gasteiger partial charge in [-0.2, -0.15) is 0 Å². The highest BCUT2D eigenvalue weighted by Gasteiger charge is 2.36. The van der Waals surface area contributed by atoms with Gasteiger partial charge in [-0.3, -0.25) is 0 Å². The summed E-state index contributed by atoms with van der Waals surface area (Å²) in [6.07, 6.45) is -0.479. The second-order valence-corrected chi connectivity index (χ2v) is 4.28. The van der Waals surface area contributed by atoms with E-state index in [2.05, 4.69) is 0 Å². The van der Waals surface area contributed by atoms with Crippen molar-refractivity contribution in [3.8, 4) is 11.5 Å². The number of carbonyl (C=O) groups is 1. The molecule has 0 fully saturated rings. The molecule has 0 saturated heterocycles. The molecule has 5 nitrogen and oxygen atoms in total. The van der Waals surface area contributed by atoms with Crippen LogP contribution in [0.2, 0.25) is 0 Å². The molecule has 0 spiro atoms. The molecule has 2 rings (SSSR count). The zero-order valence-corrected chi connectivity index (χ0v) is 9.42. The Kier molecular flexibility index (Phi) is 2.93. The Morgan fingerprint density at radius 2 is 2.12 bits per heavy atom. The Hall–Kier alpha value is -1.75. The van der Waals surface area contributed by atoms with Gasteiger partial charge in [-0.15, -0.1) is 0 Å². The molecule has 1 aliphatic rings. The molecule has 1 aliphatic heterocycles. The van der Waals surface area contributed by atoms with Gasteiger partial charge >= 0.3 is 5.97 Å². The fourth-order valence-electron chi connectivity index (χ4n) is 1.69. The van der Waals surface area contributed by atoms with Gasteiger partial charge in [0, 0.05) is 6.42 Å². The van der Waals surface area contributed by atoms with Crippen molar-refractivity contribution in [2.75, 3.05) is 6.61 Å². The van der Waals surface area contributed by atoms with Crippen molar-refractivity contribution in [3.05, 3.63) is 24.3 Å². The van der Waals surface area contributed by atoms with E-state index in [1.807, 2.05) is 6.07 Å². The van der Waals surface area contributed by atoms with Gasteiger partial charge < -0.3 is 19.7 Å². The average Bonchev–Trinajstić information content (AvgIpc) is 2.28. The Morgan fingerprint density at radius 3 is 2.76 bits per heavy atom. The number of carboxylic acids is 1. The molecular weight excluding hydrogens is 224 g/mol. The van der Waals surface area contributed by atoms with Gasteiger partial charge in [0.1, 0.15) is 12.7 Å². The van der Waals surface area contributed by atoms with Crippen molar-refractivity contribution in [3.63, 3.8) is 0 Å². The van der Waals surface area contributed by atoms with E-state index in [1.54, 1.807) is 18.2 Å². The topological polar surface area (TPSA) is 76.0 Å². The van der Waals surface area contributed by atoms with E-state index >= 15 is 0 Å². The lowest BCUT2D eigenvalue weighted by atomic mass is 9.98. The minimum absolute atomic E-state index is 0.0172. The van der Waals surface area contributed by atoms with E-state index in [1.165, 1.54) is 6.92 Å². The van der Waals surface area contributed by atoms with Crippen LogP contribution in [-0.2, 0) is 4.79 Å². The Balaban J connectivity index is 2.06. The van der Waals surface area contributed by atoms with Gasteiger partial charge in [0.25, 0.3) is 0 Å². The molecule has 0 bridgehead atoms. The summed E-state index contributed by atoms with van der Waals surface area (Å²) in [6, 6.07) is 7.16. The Bertz CT molecular complexity index is 427. The third kappa shape index (κ3) is 2.50. The van der Waals surface area contributed by atoms with Crippen LogP contribution < -0.4 is 9.47 Å². The predicted octanol–water partition coefficient (Wildman–Crippen LogP) is 1.05. The number of hydrogen-bond donors (Lipinski definition) is 2. The van der Waals surface area contributed by atoms with Gasteiger partial charge in [0.15, 0.2) is 17.1 Å². The summed E-state index contributed by atoms with van der Waals surface area (Å²) >= 11 is 0. The molecule has 0 radical (unpaired) electrons.